The predicted octanol–water partition coefficient (Wildman–Crippen LogP) is 4.09. The summed E-state index contributed by atoms with van der Waals surface area (Å²) < 4.78 is 4.67. The number of carboxylic acid groups (broad SMARTS) is 1. The lowest BCUT2D eigenvalue weighted by Gasteiger charge is -2.02. The zero-order chi connectivity index (χ0) is 19.8. The van der Waals surface area contributed by atoms with Crippen molar-refractivity contribution in [3.63, 3.8) is 0 Å². The smallest absolute Gasteiger partial charge is 0.336 e. The highest BCUT2D eigenvalue weighted by molar-refractivity contribution is 5.89. The third-order valence-electron chi connectivity index (χ3n) is 3.61. The van der Waals surface area contributed by atoms with Crippen molar-refractivity contribution in [1.29, 1.82) is 0 Å². The molecule has 0 fully saturated rings. The summed E-state index contributed by atoms with van der Waals surface area (Å²) in [5, 5.41) is 17.3. The summed E-state index contributed by atoms with van der Waals surface area (Å²) in [5.74, 6) is -1.75. The highest BCUT2D eigenvalue weighted by atomic mass is 16.6. The van der Waals surface area contributed by atoms with Crippen molar-refractivity contribution in [2.75, 3.05) is 0 Å². The second-order valence-electron chi connectivity index (χ2n) is 5.88. The molecule has 0 aliphatic rings. The molecule has 1 aromatic carbocycles. The zero-order valence-electron chi connectivity index (χ0n) is 15.7. The van der Waals surface area contributed by atoms with Crippen molar-refractivity contribution in [3.05, 3.63) is 35.4 Å². The van der Waals surface area contributed by atoms with Gasteiger partial charge < -0.3 is 14.9 Å². The number of esters is 2. The lowest BCUT2D eigenvalue weighted by atomic mass is 10.1. The summed E-state index contributed by atoms with van der Waals surface area (Å²) in [6.07, 6.45) is 6.53. The maximum Gasteiger partial charge on any atom is 0.336 e. The first kappa shape index (κ1) is 23.8. The van der Waals surface area contributed by atoms with Crippen molar-refractivity contribution < 1.29 is 29.3 Å². The average Bonchev–Trinajstić information content (AvgIpc) is 2.62. The van der Waals surface area contributed by atoms with Crippen LogP contribution in [0.25, 0.3) is 0 Å². The molecular weight excluding hydrogens is 336 g/mol. The van der Waals surface area contributed by atoms with Crippen molar-refractivity contribution in [1.82, 2.24) is 0 Å². The topological polar surface area (TPSA) is 101 Å². The van der Waals surface area contributed by atoms with Crippen LogP contribution in [0.15, 0.2) is 24.3 Å². The van der Waals surface area contributed by atoms with Gasteiger partial charge in [0.05, 0.1) is 12.2 Å². The monoisotopic (exact) mass is 366 g/mol. The van der Waals surface area contributed by atoms with Crippen molar-refractivity contribution in [2.24, 2.45) is 0 Å². The van der Waals surface area contributed by atoms with Gasteiger partial charge in [-0.3, -0.25) is 9.59 Å². The van der Waals surface area contributed by atoms with Crippen LogP contribution >= 0.6 is 0 Å². The molecule has 6 nitrogen and oxygen atoms in total. The van der Waals surface area contributed by atoms with E-state index >= 15 is 0 Å². The predicted molar refractivity (Wildman–Crippen MR) is 98.7 cm³/mol. The Morgan fingerprint density at radius 2 is 1.38 bits per heavy atom. The fraction of sp³-hybridized carbons (Fsp3) is 0.550. The SMILES string of the molecule is CCCCCC(=O)OC(=O)CCCCC.O=C(O)c1ccccc1CO. The minimum absolute atomic E-state index is 0.162. The van der Waals surface area contributed by atoms with E-state index in [1.165, 1.54) is 6.07 Å². The number of rotatable bonds is 10. The molecule has 0 bridgehead atoms. The molecule has 0 aliphatic heterocycles. The van der Waals surface area contributed by atoms with E-state index in [0.29, 0.717) is 18.4 Å². The van der Waals surface area contributed by atoms with E-state index in [4.69, 9.17) is 10.2 Å². The first-order chi connectivity index (χ1) is 12.5. The van der Waals surface area contributed by atoms with Gasteiger partial charge in [0.25, 0.3) is 0 Å². The van der Waals surface area contributed by atoms with E-state index in [1.807, 2.05) is 0 Å². The van der Waals surface area contributed by atoms with E-state index in [1.54, 1.807) is 18.2 Å². The van der Waals surface area contributed by atoms with Gasteiger partial charge in [-0.2, -0.15) is 0 Å². The summed E-state index contributed by atoms with van der Waals surface area (Å²) in [6.45, 7) is 3.91. The van der Waals surface area contributed by atoms with E-state index in [2.05, 4.69) is 18.6 Å². The van der Waals surface area contributed by atoms with Crippen LogP contribution in [0.3, 0.4) is 0 Å². The number of hydrogen-bond acceptors (Lipinski definition) is 5. The molecular formula is C20H30O6. The van der Waals surface area contributed by atoms with E-state index in [0.717, 1.165) is 38.5 Å². The van der Waals surface area contributed by atoms with E-state index < -0.39 is 5.97 Å². The van der Waals surface area contributed by atoms with E-state index in [-0.39, 0.29) is 24.1 Å². The Morgan fingerprint density at radius 1 is 0.885 bits per heavy atom. The molecule has 0 atom stereocenters. The van der Waals surface area contributed by atoms with Crippen LogP contribution in [0.2, 0.25) is 0 Å². The molecule has 0 spiro atoms. The van der Waals surface area contributed by atoms with Gasteiger partial charge in [0.15, 0.2) is 0 Å². The molecule has 0 radical (unpaired) electrons. The normalized spacial score (nSPS) is 9.81. The van der Waals surface area contributed by atoms with Gasteiger partial charge in [-0.1, -0.05) is 57.7 Å². The van der Waals surface area contributed by atoms with Gasteiger partial charge in [0, 0.05) is 12.8 Å². The molecule has 2 N–H and O–H groups in total. The number of carbonyl (C=O) groups excluding carboxylic acids is 2. The fourth-order valence-corrected chi connectivity index (χ4v) is 2.13. The number of carbonyl (C=O) groups is 3. The van der Waals surface area contributed by atoms with Crippen LogP contribution < -0.4 is 0 Å². The van der Waals surface area contributed by atoms with Gasteiger partial charge in [0.1, 0.15) is 0 Å². The molecule has 0 heterocycles. The number of hydrogen-bond donors (Lipinski definition) is 2. The number of aliphatic hydroxyl groups is 1. The highest BCUT2D eigenvalue weighted by Gasteiger charge is 2.09. The number of carboxylic acids is 1. The second kappa shape index (κ2) is 15.1. The molecule has 146 valence electrons. The molecule has 0 saturated carbocycles. The summed E-state index contributed by atoms with van der Waals surface area (Å²) >= 11 is 0. The summed E-state index contributed by atoms with van der Waals surface area (Å²) in [5.41, 5.74) is 0.606. The lowest BCUT2D eigenvalue weighted by Crippen LogP contribution is -2.11. The van der Waals surface area contributed by atoms with Gasteiger partial charge in [0.2, 0.25) is 0 Å². The number of unbranched alkanes of at least 4 members (excludes halogenated alkanes) is 4. The minimum Gasteiger partial charge on any atom is -0.478 e. The minimum atomic E-state index is -1.00. The molecule has 0 amide bonds. The number of aromatic carboxylic acids is 1. The van der Waals surface area contributed by atoms with Gasteiger partial charge >= 0.3 is 17.9 Å². The standard InChI is InChI=1S/C12H22O3.C8H8O3/c1-3-5-7-9-11(13)15-12(14)10-8-6-4-2;9-5-6-3-1-2-4-7(6)8(10)11/h3-10H2,1-2H3;1-4,9H,5H2,(H,10,11). The number of aliphatic hydroxyl groups excluding tert-OH is 1. The third-order valence-corrected chi connectivity index (χ3v) is 3.61. The second-order valence-corrected chi connectivity index (χ2v) is 5.88. The molecule has 1 aromatic rings. The van der Waals surface area contributed by atoms with Crippen molar-refractivity contribution >= 4 is 17.9 Å². The maximum atomic E-state index is 11.1. The van der Waals surface area contributed by atoms with E-state index in [9.17, 15) is 14.4 Å². The summed E-state index contributed by atoms with van der Waals surface area (Å²) in [7, 11) is 0. The Bertz CT molecular complexity index is 533. The van der Waals surface area contributed by atoms with Crippen LogP contribution in [-0.2, 0) is 20.9 Å². The Hall–Kier alpha value is -2.21. The Balaban J connectivity index is 0.000000502. The molecule has 26 heavy (non-hydrogen) atoms. The number of benzene rings is 1. The van der Waals surface area contributed by atoms with Crippen molar-refractivity contribution in [3.8, 4) is 0 Å². The van der Waals surface area contributed by atoms with Crippen LogP contribution in [0.1, 0.15) is 81.1 Å². The molecule has 0 saturated heterocycles. The molecule has 1 rings (SSSR count). The van der Waals surface area contributed by atoms with Crippen LogP contribution in [0, 0.1) is 0 Å². The van der Waals surface area contributed by atoms with Crippen molar-refractivity contribution in [2.45, 2.75) is 71.8 Å². The maximum absolute atomic E-state index is 11.1. The first-order valence-corrected chi connectivity index (χ1v) is 9.11. The Morgan fingerprint density at radius 3 is 1.77 bits per heavy atom. The van der Waals surface area contributed by atoms with Gasteiger partial charge in [-0.25, -0.2) is 4.79 Å². The molecule has 0 aromatic heterocycles. The molecule has 0 aliphatic carbocycles. The molecule has 6 heteroatoms. The van der Waals surface area contributed by atoms with Crippen LogP contribution in [0.4, 0.5) is 0 Å². The fourth-order valence-electron chi connectivity index (χ4n) is 2.13. The van der Waals surface area contributed by atoms with Crippen LogP contribution in [0.5, 0.6) is 0 Å². The quantitative estimate of drug-likeness (QED) is 0.367. The van der Waals surface area contributed by atoms with Gasteiger partial charge in [-0.15, -0.1) is 0 Å². The lowest BCUT2D eigenvalue weighted by molar-refractivity contribution is -0.159. The third kappa shape index (κ3) is 11.4. The largest absolute Gasteiger partial charge is 0.478 e. The Kier molecular flexibility index (Phi) is 13.8. The highest BCUT2D eigenvalue weighted by Crippen LogP contribution is 2.07. The van der Waals surface area contributed by atoms with Gasteiger partial charge in [-0.05, 0) is 24.5 Å². The van der Waals surface area contributed by atoms with Crippen LogP contribution in [-0.4, -0.2) is 28.1 Å². The average molecular weight is 366 g/mol. The summed E-state index contributed by atoms with van der Waals surface area (Å²) in [6, 6.07) is 6.37. The number of ether oxygens (including phenoxy) is 1. The summed E-state index contributed by atoms with van der Waals surface area (Å²) in [4.78, 5) is 32.7. The first-order valence-electron chi connectivity index (χ1n) is 9.11. The Labute approximate surface area is 155 Å². The zero-order valence-corrected chi connectivity index (χ0v) is 15.7. The molecule has 0 unspecified atom stereocenters.